The Morgan fingerprint density at radius 3 is 2.11 bits per heavy atom. The third kappa shape index (κ3) is 4.38. The van der Waals surface area contributed by atoms with Gasteiger partial charge in [-0.2, -0.15) is 0 Å². The Balaban J connectivity index is 1.28. The number of para-hydroxylation sites is 2. The van der Waals surface area contributed by atoms with E-state index in [1.165, 1.54) is 62.8 Å². The maximum absolute atomic E-state index is 6.23. The molecule has 2 N–H and O–H groups in total. The molecule has 186 valence electrons. The van der Waals surface area contributed by atoms with E-state index in [1.54, 1.807) is 5.56 Å². The number of rotatable bonds is 4. The molecule has 2 saturated heterocycles. The Kier molecular flexibility index (Phi) is 6.55. The molecular weight excluding hydrogens is 430 g/mol. The molecule has 5 heteroatoms. The summed E-state index contributed by atoms with van der Waals surface area (Å²) in [6.07, 6.45) is 12.6. The highest BCUT2D eigenvalue weighted by atomic mass is 15.3. The van der Waals surface area contributed by atoms with Gasteiger partial charge in [0.15, 0.2) is 0 Å². The van der Waals surface area contributed by atoms with Gasteiger partial charge in [0.05, 0.1) is 11.0 Å². The summed E-state index contributed by atoms with van der Waals surface area (Å²) >= 11 is 0. The molecule has 0 bridgehead atoms. The molecular formula is C30H41N5. The highest BCUT2D eigenvalue weighted by molar-refractivity contribution is 5.79. The summed E-state index contributed by atoms with van der Waals surface area (Å²) in [5, 5.41) is 0. The molecule has 1 aliphatic carbocycles. The molecule has 6 rings (SSSR count). The Labute approximate surface area is 210 Å². The maximum atomic E-state index is 6.23. The van der Waals surface area contributed by atoms with Crippen molar-refractivity contribution in [1.82, 2.24) is 14.5 Å². The van der Waals surface area contributed by atoms with Crippen molar-refractivity contribution in [2.75, 3.05) is 31.1 Å². The lowest BCUT2D eigenvalue weighted by Gasteiger charge is -2.48. The van der Waals surface area contributed by atoms with E-state index in [1.807, 2.05) is 0 Å². The third-order valence-electron chi connectivity index (χ3n) is 9.08. The van der Waals surface area contributed by atoms with Gasteiger partial charge in [-0.15, -0.1) is 0 Å². The monoisotopic (exact) mass is 471 g/mol. The second-order valence-corrected chi connectivity index (χ2v) is 11.1. The molecule has 0 radical (unpaired) electrons. The number of likely N-dealkylation sites (tertiary alicyclic amines) is 1. The van der Waals surface area contributed by atoms with Crippen molar-refractivity contribution in [3.8, 4) is 0 Å². The molecule has 0 unspecified atom stereocenters. The minimum Gasteiger partial charge on any atom is -0.342 e. The van der Waals surface area contributed by atoms with Gasteiger partial charge in [0.25, 0.3) is 0 Å². The van der Waals surface area contributed by atoms with Gasteiger partial charge >= 0.3 is 0 Å². The second-order valence-electron chi connectivity index (χ2n) is 11.1. The Morgan fingerprint density at radius 1 is 0.743 bits per heavy atom. The second kappa shape index (κ2) is 9.94. The zero-order chi connectivity index (χ0) is 23.7. The fourth-order valence-corrected chi connectivity index (χ4v) is 7.12. The van der Waals surface area contributed by atoms with Gasteiger partial charge in [0.2, 0.25) is 5.95 Å². The fraction of sp³-hybridized carbons (Fsp3) is 0.567. The first kappa shape index (κ1) is 23.1. The van der Waals surface area contributed by atoms with Gasteiger partial charge in [-0.1, -0.05) is 68.1 Å². The number of aromatic nitrogens is 2. The summed E-state index contributed by atoms with van der Waals surface area (Å²) in [5.41, 5.74) is 10.4. The van der Waals surface area contributed by atoms with E-state index in [0.717, 1.165) is 44.5 Å². The summed E-state index contributed by atoms with van der Waals surface area (Å²) in [6, 6.07) is 21.0. The lowest BCUT2D eigenvalue weighted by molar-refractivity contribution is 0.0361. The van der Waals surface area contributed by atoms with E-state index >= 15 is 0 Å². The van der Waals surface area contributed by atoms with Gasteiger partial charge in [-0.25, -0.2) is 4.98 Å². The minimum atomic E-state index is 0.214. The summed E-state index contributed by atoms with van der Waals surface area (Å²) in [5.74, 6) is 1.17. The van der Waals surface area contributed by atoms with E-state index in [4.69, 9.17) is 10.7 Å². The quantitative estimate of drug-likeness (QED) is 0.485. The maximum Gasteiger partial charge on any atom is 0.206 e. The van der Waals surface area contributed by atoms with Crippen molar-refractivity contribution in [2.24, 2.45) is 5.73 Å². The molecule has 35 heavy (non-hydrogen) atoms. The molecule has 1 saturated carbocycles. The number of nitrogens with zero attached hydrogens (tertiary/aromatic N) is 4. The SMILES string of the molecule is NC1CCN(c2nc3ccccc3n2C2CCN(C3(c4ccccc4)CCCCCC3)CC2)CC1. The van der Waals surface area contributed by atoms with E-state index in [9.17, 15) is 0 Å². The summed E-state index contributed by atoms with van der Waals surface area (Å²) in [4.78, 5) is 10.5. The molecule has 5 nitrogen and oxygen atoms in total. The minimum absolute atomic E-state index is 0.214. The van der Waals surface area contributed by atoms with Crippen LogP contribution in [0.1, 0.15) is 75.8 Å². The van der Waals surface area contributed by atoms with E-state index in [0.29, 0.717) is 12.1 Å². The fourth-order valence-electron chi connectivity index (χ4n) is 7.12. The molecule has 3 heterocycles. The number of piperidine rings is 2. The topological polar surface area (TPSA) is 50.3 Å². The van der Waals surface area contributed by atoms with Crippen LogP contribution in [0.25, 0.3) is 11.0 Å². The zero-order valence-electron chi connectivity index (χ0n) is 21.1. The molecule has 2 aliphatic heterocycles. The molecule has 1 aromatic heterocycles. The number of benzene rings is 2. The third-order valence-corrected chi connectivity index (χ3v) is 9.08. The van der Waals surface area contributed by atoms with E-state index in [2.05, 4.69) is 69.0 Å². The van der Waals surface area contributed by atoms with Crippen molar-refractivity contribution in [2.45, 2.75) is 81.8 Å². The summed E-state index contributed by atoms with van der Waals surface area (Å²) < 4.78 is 2.59. The highest BCUT2D eigenvalue weighted by Gasteiger charge is 2.41. The van der Waals surface area contributed by atoms with Gasteiger partial charge in [0, 0.05) is 43.8 Å². The number of hydrogen-bond donors (Lipinski definition) is 1. The average molecular weight is 472 g/mol. The van der Waals surface area contributed by atoms with Crippen LogP contribution in [0.15, 0.2) is 54.6 Å². The van der Waals surface area contributed by atoms with Gasteiger partial charge in [0.1, 0.15) is 0 Å². The van der Waals surface area contributed by atoms with Crippen molar-refractivity contribution < 1.29 is 0 Å². The first-order valence-corrected chi connectivity index (χ1v) is 14.0. The van der Waals surface area contributed by atoms with Crippen LogP contribution in [0.5, 0.6) is 0 Å². The first-order chi connectivity index (χ1) is 17.2. The molecule has 2 aromatic carbocycles. The summed E-state index contributed by atoms with van der Waals surface area (Å²) in [6.45, 7) is 4.35. The highest BCUT2D eigenvalue weighted by Crippen LogP contribution is 2.44. The van der Waals surface area contributed by atoms with Crippen LogP contribution in [0, 0.1) is 0 Å². The lowest BCUT2D eigenvalue weighted by Crippen LogP contribution is -2.50. The predicted octanol–water partition coefficient (Wildman–Crippen LogP) is 5.85. The van der Waals surface area contributed by atoms with Gasteiger partial charge in [-0.3, -0.25) is 4.90 Å². The van der Waals surface area contributed by atoms with Crippen LogP contribution in [0.2, 0.25) is 0 Å². The summed E-state index contributed by atoms with van der Waals surface area (Å²) in [7, 11) is 0. The van der Waals surface area contributed by atoms with Gasteiger partial charge < -0.3 is 15.2 Å². The number of anilines is 1. The van der Waals surface area contributed by atoms with Crippen molar-refractivity contribution in [3.63, 3.8) is 0 Å². The van der Waals surface area contributed by atoms with Crippen LogP contribution in [0.3, 0.4) is 0 Å². The lowest BCUT2D eigenvalue weighted by atomic mass is 9.79. The van der Waals surface area contributed by atoms with Crippen LogP contribution in [-0.2, 0) is 5.54 Å². The van der Waals surface area contributed by atoms with Crippen molar-refractivity contribution in [1.29, 1.82) is 0 Å². The average Bonchev–Trinajstić information content (AvgIpc) is 3.12. The number of imidazole rings is 1. The molecule has 3 aromatic rings. The van der Waals surface area contributed by atoms with E-state index in [-0.39, 0.29) is 5.54 Å². The van der Waals surface area contributed by atoms with Crippen LogP contribution >= 0.6 is 0 Å². The largest absolute Gasteiger partial charge is 0.342 e. The van der Waals surface area contributed by atoms with Crippen molar-refractivity contribution in [3.05, 3.63) is 60.2 Å². The zero-order valence-corrected chi connectivity index (χ0v) is 21.1. The van der Waals surface area contributed by atoms with E-state index < -0.39 is 0 Å². The van der Waals surface area contributed by atoms with Crippen LogP contribution in [0.4, 0.5) is 5.95 Å². The smallest absolute Gasteiger partial charge is 0.206 e. The van der Waals surface area contributed by atoms with Crippen LogP contribution < -0.4 is 10.6 Å². The Morgan fingerprint density at radius 2 is 1.40 bits per heavy atom. The van der Waals surface area contributed by atoms with Crippen molar-refractivity contribution >= 4 is 17.0 Å². The first-order valence-electron chi connectivity index (χ1n) is 14.0. The molecule has 0 spiro atoms. The predicted molar refractivity (Wildman–Crippen MR) is 145 cm³/mol. The molecule has 0 amide bonds. The number of fused-ring (bicyclic) bond motifs is 1. The normalized spacial score (nSPS) is 22.9. The van der Waals surface area contributed by atoms with Gasteiger partial charge in [-0.05, 0) is 56.2 Å². The molecule has 3 aliphatic rings. The number of nitrogens with two attached hydrogens (primary N) is 1. The Bertz CT molecular complexity index is 1100. The van der Waals surface area contributed by atoms with Crippen LogP contribution in [-0.4, -0.2) is 46.7 Å². The molecule has 3 fully saturated rings. The molecule has 0 atom stereocenters. The standard InChI is InChI=1S/C30H41N5/c31-25-14-20-33(21-15-25)29-32-27-12-6-7-13-28(27)35(29)26-16-22-34(23-17-26)30(18-8-1-2-9-19-30)24-10-4-3-5-11-24/h3-7,10-13,25-26H,1-2,8-9,14-23,31H2. The Hall–Kier alpha value is -2.37. The number of hydrogen-bond acceptors (Lipinski definition) is 4.